The van der Waals surface area contributed by atoms with Crippen molar-refractivity contribution in [3.8, 4) is 0 Å². The fraction of sp³-hybridized carbons (Fsp3) is 0.562. The predicted molar refractivity (Wildman–Crippen MR) is 83.7 cm³/mol. The Balaban J connectivity index is 2.57. The zero-order valence-electron chi connectivity index (χ0n) is 12.9. The second-order valence-electron chi connectivity index (χ2n) is 5.25. The second kappa shape index (κ2) is 8.72. The summed E-state index contributed by atoms with van der Waals surface area (Å²) in [6.45, 7) is 9.74. The molecule has 0 aromatic heterocycles. The molecule has 1 aromatic rings. The summed E-state index contributed by atoms with van der Waals surface area (Å²) < 4.78 is 0. The van der Waals surface area contributed by atoms with Gasteiger partial charge >= 0.3 is 0 Å². The summed E-state index contributed by atoms with van der Waals surface area (Å²) in [4.78, 5) is 14.2. The van der Waals surface area contributed by atoms with Gasteiger partial charge in [0.2, 0.25) is 0 Å². The lowest BCUT2D eigenvalue weighted by atomic mass is 10.1. The smallest absolute Gasteiger partial charge is 0.251 e. The van der Waals surface area contributed by atoms with Gasteiger partial charge in [-0.1, -0.05) is 19.1 Å². The van der Waals surface area contributed by atoms with Gasteiger partial charge in [0.1, 0.15) is 0 Å². The Kier molecular flexibility index (Phi) is 7.26. The summed E-state index contributed by atoms with van der Waals surface area (Å²) in [6, 6.07) is 8.37. The van der Waals surface area contributed by atoms with Gasteiger partial charge in [-0.2, -0.15) is 0 Å². The van der Waals surface area contributed by atoms with Crippen molar-refractivity contribution in [2.45, 2.75) is 39.8 Å². The molecule has 0 saturated carbocycles. The Morgan fingerprint density at radius 2 is 1.95 bits per heavy atom. The van der Waals surface area contributed by atoms with Gasteiger partial charge in [0.25, 0.3) is 5.91 Å². The van der Waals surface area contributed by atoms with Crippen LogP contribution in [0.4, 0.5) is 0 Å². The largest absolute Gasteiger partial charge is 0.352 e. The summed E-state index contributed by atoms with van der Waals surface area (Å²) in [5, 5.41) is 2.86. The minimum Gasteiger partial charge on any atom is -0.352 e. The molecule has 4 nitrogen and oxygen atoms in total. The average molecular weight is 277 g/mol. The van der Waals surface area contributed by atoms with Crippen molar-refractivity contribution in [2.75, 3.05) is 19.6 Å². The Morgan fingerprint density at radius 1 is 1.30 bits per heavy atom. The number of rotatable bonds is 8. The number of carbonyl (C=O) groups excluding carboxylic acids is 1. The van der Waals surface area contributed by atoms with Gasteiger partial charge in [-0.15, -0.1) is 0 Å². The molecule has 0 fully saturated rings. The van der Waals surface area contributed by atoms with E-state index in [1.165, 1.54) is 5.56 Å². The van der Waals surface area contributed by atoms with Crippen molar-refractivity contribution in [3.63, 3.8) is 0 Å². The summed E-state index contributed by atoms with van der Waals surface area (Å²) in [5.74, 6) is -0.0267. The normalized spacial score (nSPS) is 11.1. The van der Waals surface area contributed by atoms with Crippen molar-refractivity contribution in [1.82, 2.24) is 10.2 Å². The predicted octanol–water partition coefficient (Wildman–Crippen LogP) is 2.00. The van der Waals surface area contributed by atoms with Gasteiger partial charge in [0.05, 0.1) is 0 Å². The summed E-state index contributed by atoms with van der Waals surface area (Å²) in [7, 11) is 0. The van der Waals surface area contributed by atoms with E-state index in [-0.39, 0.29) is 5.91 Å². The third-order valence-electron chi connectivity index (χ3n) is 3.40. The van der Waals surface area contributed by atoms with Crippen molar-refractivity contribution >= 4 is 5.91 Å². The quantitative estimate of drug-likeness (QED) is 0.715. The molecular formula is C16H27N3O. The molecule has 0 unspecified atom stereocenters. The van der Waals surface area contributed by atoms with E-state index in [1.807, 2.05) is 24.3 Å². The Bertz CT molecular complexity index is 401. The molecule has 1 rings (SSSR count). The molecular weight excluding hydrogens is 250 g/mol. The Hall–Kier alpha value is -1.39. The number of nitrogens with one attached hydrogen (secondary N) is 1. The van der Waals surface area contributed by atoms with Crippen LogP contribution in [0.5, 0.6) is 0 Å². The van der Waals surface area contributed by atoms with E-state index in [4.69, 9.17) is 5.73 Å². The molecule has 0 radical (unpaired) electrons. The zero-order chi connectivity index (χ0) is 15.0. The first-order valence-electron chi connectivity index (χ1n) is 7.39. The van der Waals surface area contributed by atoms with E-state index in [9.17, 15) is 4.79 Å². The molecule has 20 heavy (non-hydrogen) atoms. The highest BCUT2D eigenvalue weighted by Gasteiger charge is 2.09. The van der Waals surface area contributed by atoms with Crippen LogP contribution in [0.1, 0.15) is 43.1 Å². The van der Waals surface area contributed by atoms with E-state index >= 15 is 0 Å². The second-order valence-corrected chi connectivity index (χ2v) is 5.25. The lowest BCUT2D eigenvalue weighted by Gasteiger charge is -2.24. The Labute approximate surface area is 122 Å². The number of benzene rings is 1. The van der Waals surface area contributed by atoms with Crippen molar-refractivity contribution < 1.29 is 4.79 Å². The maximum atomic E-state index is 11.9. The van der Waals surface area contributed by atoms with Crippen LogP contribution in [-0.4, -0.2) is 36.5 Å². The van der Waals surface area contributed by atoms with Crippen LogP contribution in [-0.2, 0) is 6.54 Å². The SMILES string of the molecule is CCN(Cc1ccc(C(=O)NCCCN)cc1)C(C)C. The van der Waals surface area contributed by atoms with Crippen LogP contribution in [0.15, 0.2) is 24.3 Å². The molecule has 1 aromatic carbocycles. The lowest BCUT2D eigenvalue weighted by molar-refractivity contribution is 0.0953. The van der Waals surface area contributed by atoms with E-state index in [1.54, 1.807) is 0 Å². The molecule has 0 aliphatic rings. The highest BCUT2D eigenvalue weighted by atomic mass is 16.1. The lowest BCUT2D eigenvalue weighted by Crippen LogP contribution is -2.30. The van der Waals surface area contributed by atoms with Crippen molar-refractivity contribution in [3.05, 3.63) is 35.4 Å². The van der Waals surface area contributed by atoms with Crippen LogP contribution in [0.25, 0.3) is 0 Å². The molecule has 0 heterocycles. The first-order chi connectivity index (χ1) is 9.58. The average Bonchev–Trinajstić information content (AvgIpc) is 2.45. The zero-order valence-corrected chi connectivity index (χ0v) is 12.9. The monoisotopic (exact) mass is 277 g/mol. The van der Waals surface area contributed by atoms with E-state index in [0.717, 1.165) is 19.5 Å². The molecule has 1 amide bonds. The topological polar surface area (TPSA) is 58.4 Å². The molecule has 0 atom stereocenters. The minimum atomic E-state index is -0.0267. The summed E-state index contributed by atoms with van der Waals surface area (Å²) >= 11 is 0. The van der Waals surface area contributed by atoms with Gasteiger partial charge in [-0.05, 0) is 51.1 Å². The number of carbonyl (C=O) groups is 1. The summed E-state index contributed by atoms with van der Waals surface area (Å²) in [6.07, 6.45) is 0.809. The van der Waals surface area contributed by atoms with Crippen molar-refractivity contribution in [1.29, 1.82) is 0 Å². The van der Waals surface area contributed by atoms with Gasteiger partial charge in [-0.3, -0.25) is 9.69 Å². The fourth-order valence-corrected chi connectivity index (χ4v) is 2.06. The van der Waals surface area contributed by atoms with Gasteiger partial charge < -0.3 is 11.1 Å². The molecule has 0 aliphatic carbocycles. The summed E-state index contributed by atoms with van der Waals surface area (Å²) in [5.41, 5.74) is 7.34. The first-order valence-corrected chi connectivity index (χ1v) is 7.39. The van der Waals surface area contributed by atoms with Gasteiger partial charge in [0, 0.05) is 24.7 Å². The highest BCUT2D eigenvalue weighted by Crippen LogP contribution is 2.10. The molecule has 0 saturated heterocycles. The molecule has 0 bridgehead atoms. The van der Waals surface area contributed by atoms with E-state index in [0.29, 0.717) is 24.7 Å². The molecule has 112 valence electrons. The van der Waals surface area contributed by atoms with Gasteiger partial charge in [0.15, 0.2) is 0 Å². The van der Waals surface area contributed by atoms with Crippen LogP contribution < -0.4 is 11.1 Å². The number of hydrogen-bond acceptors (Lipinski definition) is 3. The van der Waals surface area contributed by atoms with Crippen molar-refractivity contribution in [2.24, 2.45) is 5.73 Å². The molecule has 0 aliphatic heterocycles. The highest BCUT2D eigenvalue weighted by molar-refractivity contribution is 5.94. The third-order valence-corrected chi connectivity index (χ3v) is 3.40. The Morgan fingerprint density at radius 3 is 2.45 bits per heavy atom. The van der Waals surface area contributed by atoms with Crippen LogP contribution >= 0.6 is 0 Å². The minimum absolute atomic E-state index is 0.0267. The maximum absolute atomic E-state index is 11.9. The van der Waals surface area contributed by atoms with E-state index in [2.05, 4.69) is 31.0 Å². The van der Waals surface area contributed by atoms with Crippen LogP contribution in [0.2, 0.25) is 0 Å². The van der Waals surface area contributed by atoms with Gasteiger partial charge in [-0.25, -0.2) is 0 Å². The first kappa shape index (κ1) is 16.7. The molecule has 4 heteroatoms. The third kappa shape index (κ3) is 5.31. The standard InChI is InChI=1S/C16H27N3O/c1-4-19(13(2)3)12-14-6-8-15(9-7-14)16(20)18-11-5-10-17/h6-9,13H,4-5,10-12,17H2,1-3H3,(H,18,20). The number of nitrogens with zero attached hydrogens (tertiary/aromatic N) is 1. The molecule has 0 spiro atoms. The van der Waals surface area contributed by atoms with Crippen LogP contribution in [0.3, 0.4) is 0 Å². The van der Waals surface area contributed by atoms with E-state index < -0.39 is 0 Å². The fourth-order valence-electron chi connectivity index (χ4n) is 2.06. The number of nitrogens with two attached hydrogens (primary N) is 1. The number of amides is 1. The van der Waals surface area contributed by atoms with Crippen LogP contribution in [0, 0.1) is 0 Å². The number of hydrogen-bond donors (Lipinski definition) is 2. The molecule has 3 N–H and O–H groups in total. The maximum Gasteiger partial charge on any atom is 0.251 e.